The Kier molecular flexibility index (Phi) is 4.75. The molecule has 0 aromatic heterocycles. The summed E-state index contributed by atoms with van der Waals surface area (Å²) >= 11 is 0. The van der Waals surface area contributed by atoms with Crippen LogP contribution in [0.2, 0.25) is 0 Å². The zero-order valence-electron chi connectivity index (χ0n) is 11.4. The molecule has 1 fully saturated rings. The van der Waals surface area contributed by atoms with E-state index < -0.39 is 0 Å². The maximum atomic E-state index is 5.87. The topological polar surface area (TPSA) is 47.3 Å². The molecule has 0 spiro atoms. The summed E-state index contributed by atoms with van der Waals surface area (Å²) in [5.41, 5.74) is 9.80. The minimum absolute atomic E-state index is 0.230. The van der Waals surface area contributed by atoms with Crippen LogP contribution in [0.25, 0.3) is 0 Å². The highest BCUT2D eigenvalue weighted by Gasteiger charge is 2.17. The predicted molar refractivity (Wildman–Crippen MR) is 74.7 cm³/mol. The largest absolute Gasteiger partial charge is 0.377 e. The minimum Gasteiger partial charge on any atom is -0.377 e. The van der Waals surface area contributed by atoms with Crippen molar-refractivity contribution < 1.29 is 4.74 Å². The second-order valence-corrected chi connectivity index (χ2v) is 5.18. The van der Waals surface area contributed by atoms with Crippen LogP contribution in [0.4, 0.5) is 0 Å². The first-order chi connectivity index (χ1) is 8.70. The van der Waals surface area contributed by atoms with E-state index in [1.54, 1.807) is 0 Å². The van der Waals surface area contributed by atoms with Gasteiger partial charge in [-0.25, -0.2) is 0 Å². The second-order valence-electron chi connectivity index (χ2n) is 5.18. The summed E-state index contributed by atoms with van der Waals surface area (Å²) in [5.74, 6) is 0. The van der Waals surface area contributed by atoms with Crippen LogP contribution in [0.3, 0.4) is 0 Å². The van der Waals surface area contributed by atoms with E-state index in [9.17, 15) is 0 Å². The lowest BCUT2D eigenvalue weighted by molar-refractivity contribution is 0.107. The van der Waals surface area contributed by atoms with Crippen LogP contribution in [0, 0.1) is 13.8 Å². The molecule has 0 radical (unpaired) electrons. The Bertz CT molecular complexity index is 386. The third-order valence-electron chi connectivity index (χ3n) is 3.78. The third-order valence-corrected chi connectivity index (χ3v) is 3.78. The standard InChI is InChI=1S/C15H24N2O/c1-11-5-6-13(8-12(11)2)15(9-16)17-10-14-4-3-7-18-14/h5-6,8,14-15,17H,3-4,7,9-10,16H2,1-2H3. The fraction of sp³-hybridized carbons (Fsp3) is 0.600. The molecule has 1 aromatic rings. The van der Waals surface area contributed by atoms with E-state index in [4.69, 9.17) is 10.5 Å². The molecule has 1 aliphatic heterocycles. The highest BCUT2D eigenvalue weighted by atomic mass is 16.5. The van der Waals surface area contributed by atoms with Gasteiger partial charge in [-0.3, -0.25) is 0 Å². The molecule has 1 aromatic carbocycles. The van der Waals surface area contributed by atoms with Crippen molar-refractivity contribution in [1.29, 1.82) is 0 Å². The SMILES string of the molecule is Cc1ccc(C(CN)NCC2CCCO2)cc1C. The summed E-state index contributed by atoms with van der Waals surface area (Å²) < 4.78 is 5.62. The van der Waals surface area contributed by atoms with Gasteiger partial charge in [-0.05, 0) is 43.4 Å². The molecule has 2 rings (SSSR count). The molecule has 3 heteroatoms. The molecule has 3 nitrogen and oxygen atoms in total. The van der Waals surface area contributed by atoms with Crippen molar-refractivity contribution in [3.8, 4) is 0 Å². The molecule has 2 unspecified atom stereocenters. The molecule has 0 amide bonds. The van der Waals surface area contributed by atoms with Gasteiger partial charge in [0.05, 0.1) is 6.10 Å². The molecule has 1 saturated heterocycles. The van der Waals surface area contributed by atoms with Gasteiger partial charge >= 0.3 is 0 Å². The van der Waals surface area contributed by atoms with E-state index in [1.807, 2.05) is 0 Å². The van der Waals surface area contributed by atoms with Crippen molar-refractivity contribution in [2.75, 3.05) is 19.7 Å². The van der Waals surface area contributed by atoms with E-state index in [0.717, 1.165) is 19.6 Å². The van der Waals surface area contributed by atoms with Gasteiger partial charge in [-0.1, -0.05) is 18.2 Å². The second kappa shape index (κ2) is 6.32. The Balaban J connectivity index is 1.96. The first kappa shape index (κ1) is 13.5. The summed E-state index contributed by atoms with van der Waals surface area (Å²) in [6.45, 7) is 6.70. The maximum absolute atomic E-state index is 5.87. The number of nitrogens with one attached hydrogen (secondary N) is 1. The van der Waals surface area contributed by atoms with Crippen LogP contribution >= 0.6 is 0 Å². The van der Waals surface area contributed by atoms with Crippen molar-refractivity contribution in [3.63, 3.8) is 0 Å². The number of benzene rings is 1. The van der Waals surface area contributed by atoms with Gasteiger partial charge in [-0.2, -0.15) is 0 Å². The van der Waals surface area contributed by atoms with Crippen LogP contribution in [-0.4, -0.2) is 25.8 Å². The molecular formula is C15H24N2O. The number of rotatable bonds is 5. The summed E-state index contributed by atoms with van der Waals surface area (Å²) in [5, 5.41) is 3.52. The highest BCUT2D eigenvalue weighted by Crippen LogP contribution is 2.18. The number of ether oxygens (including phenoxy) is 1. The summed E-state index contributed by atoms with van der Waals surface area (Å²) in [4.78, 5) is 0. The Morgan fingerprint density at radius 1 is 1.39 bits per heavy atom. The van der Waals surface area contributed by atoms with Crippen molar-refractivity contribution in [2.24, 2.45) is 5.73 Å². The third kappa shape index (κ3) is 3.31. The Hall–Kier alpha value is -0.900. The Morgan fingerprint density at radius 2 is 2.22 bits per heavy atom. The van der Waals surface area contributed by atoms with Gasteiger partial charge in [0.15, 0.2) is 0 Å². The van der Waals surface area contributed by atoms with E-state index in [0.29, 0.717) is 12.6 Å². The lowest BCUT2D eigenvalue weighted by Crippen LogP contribution is -2.34. The number of hydrogen-bond donors (Lipinski definition) is 2. The summed E-state index contributed by atoms with van der Waals surface area (Å²) in [6, 6.07) is 6.80. The fourth-order valence-electron chi connectivity index (χ4n) is 2.40. The van der Waals surface area contributed by atoms with E-state index in [1.165, 1.54) is 23.1 Å². The van der Waals surface area contributed by atoms with Crippen molar-refractivity contribution in [3.05, 3.63) is 34.9 Å². The van der Waals surface area contributed by atoms with E-state index in [-0.39, 0.29) is 6.04 Å². The minimum atomic E-state index is 0.230. The molecule has 2 atom stereocenters. The van der Waals surface area contributed by atoms with Gasteiger partial charge in [0.2, 0.25) is 0 Å². The molecule has 0 saturated carbocycles. The molecule has 100 valence electrons. The summed E-state index contributed by atoms with van der Waals surface area (Å²) in [7, 11) is 0. The predicted octanol–water partition coefficient (Wildman–Crippen LogP) is 2.07. The maximum Gasteiger partial charge on any atom is 0.0700 e. The lowest BCUT2D eigenvalue weighted by atomic mass is 10.0. The average molecular weight is 248 g/mol. The lowest BCUT2D eigenvalue weighted by Gasteiger charge is -2.20. The normalized spacial score (nSPS) is 21.2. The first-order valence-corrected chi connectivity index (χ1v) is 6.83. The van der Waals surface area contributed by atoms with Gasteiger partial charge in [0.25, 0.3) is 0 Å². The molecule has 3 N–H and O–H groups in total. The first-order valence-electron chi connectivity index (χ1n) is 6.83. The quantitative estimate of drug-likeness (QED) is 0.838. The van der Waals surface area contributed by atoms with Crippen LogP contribution < -0.4 is 11.1 Å². The zero-order chi connectivity index (χ0) is 13.0. The smallest absolute Gasteiger partial charge is 0.0700 e. The van der Waals surface area contributed by atoms with E-state index in [2.05, 4.69) is 37.4 Å². The van der Waals surface area contributed by atoms with Crippen LogP contribution in [0.15, 0.2) is 18.2 Å². The van der Waals surface area contributed by atoms with Gasteiger partial charge < -0.3 is 15.8 Å². The van der Waals surface area contributed by atoms with Crippen LogP contribution in [0.1, 0.15) is 35.6 Å². The summed E-state index contributed by atoms with van der Waals surface area (Å²) in [6.07, 6.45) is 2.71. The monoisotopic (exact) mass is 248 g/mol. The zero-order valence-corrected chi connectivity index (χ0v) is 11.4. The van der Waals surface area contributed by atoms with Crippen molar-refractivity contribution in [1.82, 2.24) is 5.32 Å². The average Bonchev–Trinajstić information content (AvgIpc) is 2.87. The van der Waals surface area contributed by atoms with Gasteiger partial charge in [0.1, 0.15) is 0 Å². The van der Waals surface area contributed by atoms with Gasteiger partial charge in [0, 0.05) is 25.7 Å². The van der Waals surface area contributed by atoms with Crippen molar-refractivity contribution >= 4 is 0 Å². The molecule has 1 heterocycles. The van der Waals surface area contributed by atoms with Gasteiger partial charge in [-0.15, -0.1) is 0 Å². The van der Waals surface area contributed by atoms with Crippen molar-refractivity contribution in [2.45, 2.75) is 38.8 Å². The Morgan fingerprint density at radius 3 is 2.83 bits per heavy atom. The van der Waals surface area contributed by atoms with Crippen LogP contribution in [-0.2, 0) is 4.74 Å². The number of hydrogen-bond acceptors (Lipinski definition) is 3. The number of nitrogens with two attached hydrogens (primary N) is 1. The molecule has 1 aliphatic rings. The van der Waals surface area contributed by atoms with E-state index >= 15 is 0 Å². The molecule has 0 bridgehead atoms. The van der Waals surface area contributed by atoms with Crippen LogP contribution in [0.5, 0.6) is 0 Å². The highest BCUT2D eigenvalue weighted by molar-refractivity contribution is 5.31. The fourth-order valence-corrected chi connectivity index (χ4v) is 2.40. The molecular weight excluding hydrogens is 224 g/mol. The number of aryl methyl sites for hydroxylation is 2. The Labute approximate surface area is 110 Å². The molecule has 18 heavy (non-hydrogen) atoms. The molecule has 0 aliphatic carbocycles.